The van der Waals surface area contributed by atoms with Gasteiger partial charge in [-0.15, -0.1) is 0 Å². The standard InChI is InChI=1S/C8H13N.BF3/c1-7-4-6-9-5-2-3-8(7)9;2-1(3)4/h8H,1-6H2;. The molecule has 1 nitrogen and oxygen atoms in total. The van der Waals surface area contributed by atoms with Gasteiger partial charge in [0.1, 0.15) is 0 Å². The van der Waals surface area contributed by atoms with Crippen molar-refractivity contribution in [3.05, 3.63) is 12.2 Å². The van der Waals surface area contributed by atoms with Crippen LogP contribution in [-0.2, 0) is 0 Å². The highest BCUT2D eigenvalue weighted by Crippen LogP contribution is 2.30. The quantitative estimate of drug-likeness (QED) is 0.419. The number of hydrogen-bond donors (Lipinski definition) is 0. The first-order chi connectivity index (χ1) is 6.11. The van der Waals surface area contributed by atoms with Gasteiger partial charge in [-0.1, -0.05) is 12.2 Å². The fourth-order valence-corrected chi connectivity index (χ4v) is 2.01. The lowest BCUT2D eigenvalue weighted by molar-refractivity contribution is 0.338. The van der Waals surface area contributed by atoms with Crippen molar-refractivity contribution in [2.75, 3.05) is 13.1 Å². The third kappa shape index (κ3) is 3.06. The van der Waals surface area contributed by atoms with Crippen LogP contribution >= 0.6 is 0 Å². The first kappa shape index (κ1) is 10.6. The van der Waals surface area contributed by atoms with Crippen LogP contribution in [0.15, 0.2) is 12.2 Å². The van der Waals surface area contributed by atoms with E-state index in [9.17, 15) is 12.9 Å². The monoisotopic (exact) mass is 191 g/mol. The van der Waals surface area contributed by atoms with Gasteiger partial charge in [-0.3, -0.25) is 17.8 Å². The summed E-state index contributed by atoms with van der Waals surface area (Å²) in [6, 6.07) is 0.782. The molecule has 2 aliphatic heterocycles. The molecule has 2 rings (SSSR count). The molecule has 1 atom stereocenters. The molecule has 0 saturated carbocycles. The first-order valence-electron chi connectivity index (χ1n) is 4.45. The zero-order chi connectivity index (χ0) is 9.84. The van der Waals surface area contributed by atoms with Crippen LogP contribution in [-0.4, -0.2) is 31.6 Å². The summed E-state index contributed by atoms with van der Waals surface area (Å²) in [5.74, 6) is 0. The predicted octanol–water partition coefficient (Wildman–Crippen LogP) is 2.29. The fraction of sp³-hybridized carbons (Fsp3) is 0.750. The van der Waals surface area contributed by atoms with Gasteiger partial charge in [-0.05, 0) is 25.8 Å². The summed E-state index contributed by atoms with van der Waals surface area (Å²) in [7, 11) is -3.67. The molecule has 2 saturated heterocycles. The molecular formula is C8H13BF3N. The van der Waals surface area contributed by atoms with Gasteiger partial charge >= 0.3 is 7.54 Å². The maximum absolute atomic E-state index is 9.67. The second kappa shape index (κ2) is 4.70. The van der Waals surface area contributed by atoms with Gasteiger partial charge in [0, 0.05) is 12.6 Å². The lowest BCUT2D eigenvalue weighted by atomic mass is 10.1. The minimum atomic E-state index is -3.67. The van der Waals surface area contributed by atoms with Crippen LogP contribution in [0.2, 0.25) is 0 Å². The van der Waals surface area contributed by atoms with Gasteiger partial charge in [0.05, 0.1) is 0 Å². The highest BCUT2D eigenvalue weighted by atomic mass is 19.4. The zero-order valence-corrected chi connectivity index (χ0v) is 7.48. The number of fused-ring (bicyclic) bond motifs is 1. The Labute approximate surface area is 76.8 Å². The van der Waals surface area contributed by atoms with Gasteiger partial charge < -0.3 is 0 Å². The van der Waals surface area contributed by atoms with E-state index in [-0.39, 0.29) is 0 Å². The summed E-state index contributed by atoms with van der Waals surface area (Å²) in [4.78, 5) is 2.56. The number of nitrogens with zero attached hydrogens (tertiary/aromatic N) is 1. The Kier molecular flexibility index (Phi) is 3.84. The van der Waals surface area contributed by atoms with E-state index in [1.165, 1.54) is 37.9 Å². The summed E-state index contributed by atoms with van der Waals surface area (Å²) >= 11 is 0. The third-order valence-electron chi connectivity index (χ3n) is 2.56. The number of rotatable bonds is 0. The van der Waals surface area contributed by atoms with E-state index in [4.69, 9.17) is 0 Å². The highest BCUT2D eigenvalue weighted by molar-refractivity contribution is 6.33. The van der Waals surface area contributed by atoms with Crippen molar-refractivity contribution in [3.63, 3.8) is 0 Å². The molecule has 0 spiro atoms. The maximum atomic E-state index is 9.67. The molecule has 0 N–H and O–H groups in total. The molecule has 0 bridgehead atoms. The van der Waals surface area contributed by atoms with E-state index in [2.05, 4.69) is 11.5 Å². The molecule has 74 valence electrons. The second-order valence-electron chi connectivity index (χ2n) is 3.35. The maximum Gasteiger partial charge on any atom is 0.762 e. The average Bonchev–Trinajstić information content (AvgIpc) is 2.54. The minimum Gasteiger partial charge on any atom is -0.296 e. The van der Waals surface area contributed by atoms with Crippen LogP contribution in [0.25, 0.3) is 0 Å². The molecule has 0 radical (unpaired) electrons. The Bertz CT molecular complexity index is 183. The molecule has 0 aromatic heterocycles. The number of hydrogen-bond acceptors (Lipinski definition) is 1. The average molecular weight is 191 g/mol. The van der Waals surface area contributed by atoms with Gasteiger partial charge in [-0.2, -0.15) is 0 Å². The van der Waals surface area contributed by atoms with E-state index in [0.717, 1.165) is 6.04 Å². The van der Waals surface area contributed by atoms with Crippen molar-refractivity contribution in [2.24, 2.45) is 0 Å². The van der Waals surface area contributed by atoms with Gasteiger partial charge in [0.2, 0.25) is 0 Å². The Morgan fingerprint density at radius 2 is 1.92 bits per heavy atom. The van der Waals surface area contributed by atoms with Crippen LogP contribution in [0.3, 0.4) is 0 Å². The molecule has 1 unspecified atom stereocenters. The van der Waals surface area contributed by atoms with Crippen molar-refractivity contribution >= 4 is 7.54 Å². The van der Waals surface area contributed by atoms with Crippen LogP contribution in [0, 0.1) is 0 Å². The molecule has 2 fully saturated rings. The molecule has 2 heterocycles. The summed E-state index contributed by atoms with van der Waals surface area (Å²) in [5, 5.41) is 0. The lowest BCUT2D eigenvalue weighted by Crippen LogP contribution is -2.22. The van der Waals surface area contributed by atoms with E-state index < -0.39 is 7.54 Å². The normalized spacial score (nSPS) is 26.7. The topological polar surface area (TPSA) is 3.24 Å². The Hall–Kier alpha value is -0.445. The smallest absolute Gasteiger partial charge is 0.296 e. The van der Waals surface area contributed by atoms with E-state index >= 15 is 0 Å². The zero-order valence-electron chi connectivity index (χ0n) is 7.48. The fourth-order valence-electron chi connectivity index (χ4n) is 2.01. The molecule has 5 heteroatoms. The molecule has 0 aliphatic carbocycles. The Morgan fingerprint density at radius 3 is 2.46 bits per heavy atom. The van der Waals surface area contributed by atoms with Gasteiger partial charge in [0.15, 0.2) is 0 Å². The third-order valence-corrected chi connectivity index (χ3v) is 2.56. The number of halogens is 3. The van der Waals surface area contributed by atoms with Crippen molar-refractivity contribution in [2.45, 2.75) is 25.3 Å². The summed E-state index contributed by atoms with van der Waals surface area (Å²) in [6.45, 7) is 6.66. The second-order valence-corrected chi connectivity index (χ2v) is 3.35. The molecule has 0 aromatic rings. The van der Waals surface area contributed by atoms with Crippen molar-refractivity contribution in [1.29, 1.82) is 0 Å². The first-order valence-corrected chi connectivity index (χ1v) is 4.45. The predicted molar refractivity (Wildman–Crippen MR) is 47.4 cm³/mol. The SMILES string of the molecule is C=C1CCN2CCCC12.FB(F)F. The lowest BCUT2D eigenvalue weighted by Gasteiger charge is -2.12. The van der Waals surface area contributed by atoms with Crippen LogP contribution < -0.4 is 0 Å². The van der Waals surface area contributed by atoms with Crippen LogP contribution in [0.4, 0.5) is 12.9 Å². The summed E-state index contributed by atoms with van der Waals surface area (Å²) < 4.78 is 29.0. The van der Waals surface area contributed by atoms with E-state index in [1.807, 2.05) is 0 Å². The van der Waals surface area contributed by atoms with Gasteiger partial charge in [-0.25, -0.2) is 0 Å². The van der Waals surface area contributed by atoms with Crippen molar-refractivity contribution in [1.82, 2.24) is 4.90 Å². The molecule has 2 aliphatic rings. The van der Waals surface area contributed by atoms with Crippen LogP contribution in [0.1, 0.15) is 19.3 Å². The highest BCUT2D eigenvalue weighted by Gasteiger charge is 2.31. The molecule has 0 amide bonds. The Morgan fingerprint density at radius 1 is 1.31 bits per heavy atom. The summed E-state index contributed by atoms with van der Waals surface area (Å²) in [6.07, 6.45) is 4.02. The molecular weight excluding hydrogens is 178 g/mol. The Balaban J connectivity index is 0.000000184. The van der Waals surface area contributed by atoms with Crippen LogP contribution in [0.5, 0.6) is 0 Å². The molecule has 0 aromatic carbocycles. The molecule has 13 heavy (non-hydrogen) atoms. The van der Waals surface area contributed by atoms with E-state index in [0.29, 0.717) is 0 Å². The minimum absolute atomic E-state index is 0.782. The van der Waals surface area contributed by atoms with Crippen molar-refractivity contribution in [3.8, 4) is 0 Å². The summed E-state index contributed by atoms with van der Waals surface area (Å²) in [5.41, 5.74) is 1.48. The van der Waals surface area contributed by atoms with E-state index in [1.54, 1.807) is 0 Å². The van der Waals surface area contributed by atoms with Crippen molar-refractivity contribution < 1.29 is 12.9 Å². The largest absolute Gasteiger partial charge is 0.762 e. The van der Waals surface area contributed by atoms with Gasteiger partial charge in [0.25, 0.3) is 0 Å².